The first-order chi connectivity index (χ1) is 8.02. The Hall–Kier alpha value is -1.04. The summed E-state index contributed by atoms with van der Waals surface area (Å²) in [5, 5.41) is 12.3. The largest absolute Gasteiger partial charge is 0.382 e. The molecule has 0 aliphatic heterocycles. The van der Waals surface area contributed by atoms with E-state index in [2.05, 4.69) is 19.2 Å². The maximum Gasteiger partial charge on any atom is 0.254 e. The van der Waals surface area contributed by atoms with Crippen LogP contribution in [0.2, 0.25) is 0 Å². The summed E-state index contributed by atoms with van der Waals surface area (Å²) in [5.41, 5.74) is 5.85. The topological polar surface area (TPSA) is 75.3 Å². The van der Waals surface area contributed by atoms with E-state index in [9.17, 15) is 9.90 Å². The van der Waals surface area contributed by atoms with Gasteiger partial charge in [-0.2, -0.15) is 0 Å². The van der Waals surface area contributed by atoms with Crippen molar-refractivity contribution < 1.29 is 9.90 Å². The summed E-state index contributed by atoms with van der Waals surface area (Å²) in [4.78, 5) is 12.5. The van der Waals surface area contributed by atoms with Crippen molar-refractivity contribution in [3.05, 3.63) is 24.3 Å². The number of thioether (sulfide) groups is 1. The fourth-order valence-electron chi connectivity index (χ4n) is 1.22. The van der Waals surface area contributed by atoms with Crippen LogP contribution in [-0.4, -0.2) is 28.9 Å². The smallest absolute Gasteiger partial charge is 0.254 e. The number of hydrogen-bond acceptors (Lipinski definition) is 4. The third-order valence-corrected chi connectivity index (χ3v) is 3.04. The Balaban J connectivity index is 2.59. The second-order valence-electron chi connectivity index (χ2n) is 3.93. The lowest BCUT2D eigenvalue weighted by molar-refractivity contribution is -0.123. The number of carbonyl (C=O) groups is 1. The average molecular weight is 254 g/mol. The monoisotopic (exact) mass is 254 g/mol. The summed E-state index contributed by atoms with van der Waals surface area (Å²) in [7, 11) is 0. The first kappa shape index (κ1) is 14.0. The highest BCUT2D eigenvalue weighted by molar-refractivity contribution is 7.99. The Bertz CT molecular complexity index is 365. The van der Waals surface area contributed by atoms with Crippen LogP contribution in [0.3, 0.4) is 0 Å². The van der Waals surface area contributed by atoms with E-state index in [0.717, 1.165) is 4.90 Å². The lowest BCUT2D eigenvalue weighted by atomic mass is 10.3. The van der Waals surface area contributed by atoms with Crippen molar-refractivity contribution in [2.75, 3.05) is 11.9 Å². The summed E-state index contributed by atoms with van der Waals surface area (Å²) >= 11 is 1.75. The van der Waals surface area contributed by atoms with Gasteiger partial charge in [-0.25, -0.2) is 0 Å². The molecule has 0 aliphatic carbocycles. The SMILES string of the molecule is CC(C)Sc1ccc(NC(=O)C(O)CN)cc1. The lowest BCUT2D eigenvalue weighted by Gasteiger charge is -2.10. The van der Waals surface area contributed by atoms with Gasteiger partial charge in [-0.05, 0) is 24.3 Å². The Morgan fingerprint density at radius 3 is 2.47 bits per heavy atom. The lowest BCUT2D eigenvalue weighted by Crippen LogP contribution is -2.34. The van der Waals surface area contributed by atoms with Gasteiger partial charge in [-0.1, -0.05) is 13.8 Å². The van der Waals surface area contributed by atoms with E-state index in [-0.39, 0.29) is 6.54 Å². The molecule has 0 saturated heterocycles. The van der Waals surface area contributed by atoms with Crippen LogP contribution in [0.1, 0.15) is 13.8 Å². The molecule has 5 heteroatoms. The van der Waals surface area contributed by atoms with E-state index in [1.165, 1.54) is 0 Å². The molecule has 1 aromatic carbocycles. The minimum atomic E-state index is -1.15. The highest BCUT2D eigenvalue weighted by Gasteiger charge is 2.12. The third kappa shape index (κ3) is 4.77. The van der Waals surface area contributed by atoms with Gasteiger partial charge in [0.25, 0.3) is 5.91 Å². The number of amides is 1. The third-order valence-electron chi connectivity index (χ3n) is 2.02. The number of carbonyl (C=O) groups excluding carboxylic acids is 1. The molecule has 0 radical (unpaired) electrons. The zero-order valence-electron chi connectivity index (χ0n) is 10.0. The molecule has 0 saturated carbocycles. The maximum absolute atomic E-state index is 11.4. The highest BCUT2D eigenvalue weighted by Crippen LogP contribution is 2.24. The van der Waals surface area contributed by atoms with E-state index in [4.69, 9.17) is 5.73 Å². The van der Waals surface area contributed by atoms with Gasteiger partial charge in [0.2, 0.25) is 0 Å². The fraction of sp³-hybridized carbons (Fsp3) is 0.417. The van der Waals surface area contributed by atoms with Crippen LogP contribution >= 0.6 is 11.8 Å². The number of rotatable bonds is 5. The molecule has 94 valence electrons. The van der Waals surface area contributed by atoms with Gasteiger partial charge in [0.1, 0.15) is 6.10 Å². The van der Waals surface area contributed by atoms with Crippen LogP contribution < -0.4 is 11.1 Å². The Morgan fingerprint density at radius 1 is 1.41 bits per heavy atom. The van der Waals surface area contributed by atoms with Crippen molar-refractivity contribution in [3.8, 4) is 0 Å². The number of nitrogens with one attached hydrogen (secondary N) is 1. The van der Waals surface area contributed by atoms with Gasteiger partial charge in [-0.15, -0.1) is 11.8 Å². The fourth-order valence-corrected chi connectivity index (χ4v) is 2.06. The van der Waals surface area contributed by atoms with Crippen molar-refractivity contribution in [1.82, 2.24) is 0 Å². The van der Waals surface area contributed by atoms with Crippen LogP contribution in [-0.2, 0) is 4.79 Å². The molecule has 1 rings (SSSR count). The van der Waals surface area contributed by atoms with Crippen molar-refractivity contribution in [2.45, 2.75) is 30.1 Å². The summed E-state index contributed by atoms with van der Waals surface area (Å²) in [6.07, 6.45) is -1.15. The minimum absolute atomic E-state index is 0.0763. The number of benzene rings is 1. The van der Waals surface area contributed by atoms with Crippen molar-refractivity contribution in [1.29, 1.82) is 0 Å². The van der Waals surface area contributed by atoms with Gasteiger partial charge >= 0.3 is 0 Å². The molecule has 0 bridgehead atoms. The van der Waals surface area contributed by atoms with Crippen LogP contribution in [0.15, 0.2) is 29.2 Å². The van der Waals surface area contributed by atoms with Crippen LogP contribution in [0.5, 0.6) is 0 Å². The standard InChI is InChI=1S/C12H18N2O2S/c1-8(2)17-10-5-3-9(4-6-10)14-12(16)11(15)7-13/h3-6,8,11,15H,7,13H2,1-2H3,(H,14,16). The van der Waals surface area contributed by atoms with Gasteiger partial charge in [0, 0.05) is 22.4 Å². The van der Waals surface area contributed by atoms with E-state index in [0.29, 0.717) is 10.9 Å². The van der Waals surface area contributed by atoms with Gasteiger partial charge in [0.15, 0.2) is 0 Å². The normalized spacial score (nSPS) is 12.5. The predicted molar refractivity (Wildman–Crippen MR) is 71.1 cm³/mol. The van der Waals surface area contributed by atoms with E-state index < -0.39 is 12.0 Å². The quantitative estimate of drug-likeness (QED) is 0.695. The van der Waals surface area contributed by atoms with Crippen molar-refractivity contribution in [3.63, 3.8) is 0 Å². The molecule has 0 aliphatic rings. The number of nitrogens with two attached hydrogens (primary N) is 1. The van der Waals surface area contributed by atoms with E-state index in [1.807, 2.05) is 24.3 Å². The molecular formula is C12H18N2O2S. The number of aliphatic hydroxyl groups is 1. The second-order valence-corrected chi connectivity index (χ2v) is 5.58. The molecule has 17 heavy (non-hydrogen) atoms. The van der Waals surface area contributed by atoms with Crippen LogP contribution in [0.4, 0.5) is 5.69 Å². The Labute approximate surface area is 106 Å². The minimum Gasteiger partial charge on any atom is -0.382 e. The summed E-state index contributed by atoms with van der Waals surface area (Å²) in [5.74, 6) is -0.475. The van der Waals surface area contributed by atoms with Gasteiger partial charge in [0.05, 0.1) is 0 Å². The first-order valence-corrected chi connectivity index (χ1v) is 6.36. The zero-order valence-corrected chi connectivity index (χ0v) is 10.8. The molecule has 0 aromatic heterocycles. The van der Waals surface area contributed by atoms with Gasteiger partial charge < -0.3 is 16.2 Å². The Morgan fingerprint density at radius 2 is 2.00 bits per heavy atom. The average Bonchev–Trinajstić information content (AvgIpc) is 2.30. The molecule has 1 amide bonds. The van der Waals surface area contributed by atoms with Crippen LogP contribution in [0.25, 0.3) is 0 Å². The summed E-state index contributed by atoms with van der Waals surface area (Å²) < 4.78 is 0. The number of aliphatic hydroxyl groups excluding tert-OH is 1. The molecular weight excluding hydrogens is 236 g/mol. The van der Waals surface area contributed by atoms with E-state index in [1.54, 1.807) is 11.8 Å². The molecule has 0 fully saturated rings. The predicted octanol–water partition coefficient (Wildman–Crippen LogP) is 1.45. The molecule has 0 heterocycles. The summed E-state index contributed by atoms with van der Waals surface area (Å²) in [6, 6.07) is 7.50. The molecule has 4 nitrogen and oxygen atoms in total. The van der Waals surface area contributed by atoms with Crippen molar-refractivity contribution >= 4 is 23.4 Å². The molecule has 4 N–H and O–H groups in total. The summed E-state index contributed by atoms with van der Waals surface area (Å²) in [6.45, 7) is 4.17. The number of anilines is 1. The maximum atomic E-state index is 11.4. The van der Waals surface area contributed by atoms with Crippen molar-refractivity contribution in [2.24, 2.45) is 5.73 Å². The highest BCUT2D eigenvalue weighted by atomic mass is 32.2. The molecule has 0 spiro atoms. The molecule has 1 atom stereocenters. The van der Waals surface area contributed by atoms with Gasteiger partial charge in [-0.3, -0.25) is 4.79 Å². The molecule has 1 aromatic rings. The first-order valence-electron chi connectivity index (χ1n) is 5.48. The zero-order chi connectivity index (χ0) is 12.8. The van der Waals surface area contributed by atoms with E-state index >= 15 is 0 Å². The van der Waals surface area contributed by atoms with Crippen LogP contribution in [0, 0.1) is 0 Å². The number of hydrogen-bond donors (Lipinski definition) is 3. The second kappa shape index (κ2) is 6.64. The Kier molecular flexibility index (Phi) is 5.47. The molecule has 1 unspecified atom stereocenters.